The van der Waals surface area contributed by atoms with Crippen molar-refractivity contribution in [2.24, 2.45) is 0 Å². The van der Waals surface area contributed by atoms with Crippen LogP contribution in [0.3, 0.4) is 0 Å². The lowest BCUT2D eigenvalue weighted by molar-refractivity contribution is 0.480. The maximum absolute atomic E-state index is 9.23. The first-order valence-electron chi connectivity index (χ1n) is 4.83. The Balaban J connectivity index is 0.000000138. The van der Waals surface area contributed by atoms with Crippen LogP contribution in [0.2, 0.25) is 0 Å². The fourth-order valence-electron chi connectivity index (χ4n) is 1.32. The van der Waals surface area contributed by atoms with E-state index in [9.17, 15) is 5.11 Å². The van der Waals surface area contributed by atoms with Gasteiger partial charge < -0.3 is 10.1 Å². The lowest BCUT2D eigenvalue weighted by atomic mass is 10.2. The molecule has 0 unspecified atom stereocenters. The van der Waals surface area contributed by atoms with Crippen LogP contribution in [0.5, 0.6) is 5.75 Å². The molecule has 1 aromatic carbocycles. The number of fused-ring (bicyclic) bond motifs is 1. The van der Waals surface area contributed by atoms with Crippen molar-refractivity contribution in [1.29, 1.82) is 0 Å². The molecule has 0 aliphatic heterocycles. The number of aromatic hydroxyl groups is 1. The lowest BCUT2D eigenvalue weighted by Crippen LogP contribution is -1.67. The van der Waals surface area contributed by atoms with E-state index < -0.39 is 0 Å². The molecule has 4 heteroatoms. The zero-order valence-electron chi connectivity index (χ0n) is 8.54. The predicted molar refractivity (Wildman–Crippen MR) is 62.0 cm³/mol. The Labute approximate surface area is 92.6 Å². The number of aromatic nitrogens is 3. The maximum Gasteiger partial charge on any atom is 0.139 e. The van der Waals surface area contributed by atoms with E-state index in [-0.39, 0.29) is 0 Å². The topological polar surface area (TPSA) is 61.8 Å². The first kappa shape index (κ1) is 10.2. The minimum Gasteiger partial charge on any atom is -0.506 e. The Morgan fingerprint density at radius 3 is 2.38 bits per heavy atom. The van der Waals surface area contributed by atoms with E-state index in [1.165, 1.54) is 6.33 Å². The molecule has 0 spiro atoms. The van der Waals surface area contributed by atoms with Crippen molar-refractivity contribution < 1.29 is 5.11 Å². The molecule has 0 fully saturated rings. The summed E-state index contributed by atoms with van der Waals surface area (Å²) in [6, 6.07) is 9.14. The Hall–Kier alpha value is -2.36. The van der Waals surface area contributed by atoms with E-state index in [4.69, 9.17) is 0 Å². The van der Waals surface area contributed by atoms with E-state index in [2.05, 4.69) is 15.0 Å². The summed E-state index contributed by atoms with van der Waals surface area (Å²) in [5.41, 5.74) is 0.808. The Morgan fingerprint density at radius 1 is 1.00 bits per heavy atom. The molecular formula is C12H11N3O. The molecule has 0 saturated heterocycles. The molecule has 0 aliphatic carbocycles. The van der Waals surface area contributed by atoms with Crippen LogP contribution in [-0.2, 0) is 0 Å². The summed E-state index contributed by atoms with van der Waals surface area (Å²) < 4.78 is 0. The van der Waals surface area contributed by atoms with Crippen molar-refractivity contribution >= 4 is 10.9 Å². The number of hydrogen-bond donors (Lipinski definition) is 2. The number of phenolic OH excluding ortho intramolecular Hbond substituents is 1. The molecule has 2 heterocycles. The number of H-pyrrole nitrogens is 1. The van der Waals surface area contributed by atoms with Gasteiger partial charge in [0.2, 0.25) is 0 Å². The van der Waals surface area contributed by atoms with Gasteiger partial charge in [0.15, 0.2) is 0 Å². The normalized spacial score (nSPS) is 9.50. The largest absolute Gasteiger partial charge is 0.506 e. The number of nitrogens with zero attached hydrogens (tertiary/aromatic N) is 2. The third kappa shape index (κ3) is 2.36. The van der Waals surface area contributed by atoms with E-state index in [1.807, 2.05) is 24.4 Å². The molecule has 2 N–H and O–H groups in total. The standard InChI is InChI=1S/C8H7NO.C4H4N2/c10-7-3-1-2-6-4-5-9-8(6)7;1-2-5-4-6-3-1/h1-5,9-10H;1-4H. The summed E-state index contributed by atoms with van der Waals surface area (Å²) in [5, 5.41) is 10.3. The second-order valence-electron chi connectivity index (χ2n) is 3.12. The molecule has 0 atom stereocenters. The van der Waals surface area contributed by atoms with Crippen LogP contribution in [-0.4, -0.2) is 20.1 Å². The smallest absolute Gasteiger partial charge is 0.139 e. The molecule has 3 aromatic rings. The van der Waals surface area contributed by atoms with Crippen molar-refractivity contribution in [2.75, 3.05) is 0 Å². The summed E-state index contributed by atoms with van der Waals surface area (Å²) in [6.07, 6.45) is 6.68. The van der Waals surface area contributed by atoms with Gasteiger partial charge in [0, 0.05) is 24.0 Å². The summed E-state index contributed by atoms with van der Waals surface area (Å²) in [7, 11) is 0. The first-order valence-corrected chi connectivity index (χ1v) is 4.83. The molecule has 3 rings (SSSR count). The van der Waals surface area contributed by atoms with Gasteiger partial charge in [-0.25, -0.2) is 9.97 Å². The highest BCUT2D eigenvalue weighted by atomic mass is 16.3. The Morgan fingerprint density at radius 2 is 1.81 bits per heavy atom. The van der Waals surface area contributed by atoms with Crippen molar-refractivity contribution in [1.82, 2.24) is 15.0 Å². The number of hydrogen-bond acceptors (Lipinski definition) is 3. The minimum absolute atomic E-state index is 0.308. The summed E-state index contributed by atoms with van der Waals surface area (Å²) in [6.45, 7) is 0. The zero-order chi connectivity index (χ0) is 11.2. The SMILES string of the molecule is Oc1cccc2cc[nH]c12.c1cncnc1. The highest BCUT2D eigenvalue weighted by molar-refractivity contribution is 5.84. The highest BCUT2D eigenvalue weighted by Crippen LogP contribution is 2.21. The molecule has 4 nitrogen and oxygen atoms in total. The fourth-order valence-corrected chi connectivity index (χ4v) is 1.32. The summed E-state index contributed by atoms with van der Waals surface area (Å²) >= 11 is 0. The molecular weight excluding hydrogens is 202 g/mol. The number of nitrogens with one attached hydrogen (secondary N) is 1. The average Bonchev–Trinajstić information content (AvgIpc) is 2.82. The van der Waals surface area contributed by atoms with Crippen LogP contribution in [0.15, 0.2) is 55.2 Å². The summed E-state index contributed by atoms with van der Waals surface area (Å²) in [5.74, 6) is 0.308. The lowest BCUT2D eigenvalue weighted by Gasteiger charge is -1.91. The minimum atomic E-state index is 0.308. The van der Waals surface area contributed by atoms with Gasteiger partial charge in [-0.15, -0.1) is 0 Å². The third-order valence-electron chi connectivity index (χ3n) is 2.04. The Bertz CT molecular complexity index is 522. The van der Waals surface area contributed by atoms with E-state index in [0.29, 0.717) is 5.75 Å². The van der Waals surface area contributed by atoms with Crippen LogP contribution >= 0.6 is 0 Å². The highest BCUT2D eigenvalue weighted by Gasteiger charge is 1.96. The number of aromatic amines is 1. The number of benzene rings is 1. The maximum atomic E-state index is 9.23. The van der Waals surface area contributed by atoms with E-state index in [1.54, 1.807) is 24.5 Å². The quantitative estimate of drug-likeness (QED) is 0.602. The van der Waals surface area contributed by atoms with Crippen LogP contribution in [0, 0.1) is 0 Å². The van der Waals surface area contributed by atoms with E-state index in [0.717, 1.165) is 10.9 Å². The average molecular weight is 213 g/mol. The van der Waals surface area contributed by atoms with Crippen molar-refractivity contribution in [3.05, 3.63) is 55.2 Å². The van der Waals surface area contributed by atoms with Crippen LogP contribution in [0.4, 0.5) is 0 Å². The molecule has 0 saturated carbocycles. The first-order chi connectivity index (χ1) is 7.88. The molecule has 0 amide bonds. The summed E-state index contributed by atoms with van der Waals surface area (Å²) in [4.78, 5) is 10.3. The van der Waals surface area contributed by atoms with Crippen LogP contribution in [0.1, 0.15) is 0 Å². The van der Waals surface area contributed by atoms with Crippen molar-refractivity contribution in [3.8, 4) is 5.75 Å². The van der Waals surface area contributed by atoms with Crippen molar-refractivity contribution in [2.45, 2.75) is 0 Å². The number of para-hydroxylation sites is 1. The van der Waals surface area contributed by atoms with Crippen LogP contribution < -0.4 is 0 Å². The second kappa shape index (κ2) is 4.93. The molecule has 80 valence electrons. The molecule has 0 radical (unpaired) electrons. The van der Waals surface area contributed by atoms with Gasteiger partial charge in [-0.1, -0.05) is 12.1 Å². The van der Waals surface area contributed by atoms with Gasteiger partial charge in [0.25, 0.3) is 0 Å². The molecule has 16 heavy (non-hydrogen) atoms. The fraction of sp³-hybridized carbons (Fsp3) is 0. The van der Waals surface area contributed by atoms with Gasteiger partial charge in [-0.05, 0) is 18.2 Å². The van der Waals surface area contributed by atoms with Gasteiger partial charge in [0.05, 0.1) is 5.52 Å². The second-order valence-corrected chi connectivity index (χ2v) is 3.12. The zero-order valence-corrected chi connectivity index (χ0v) is 8.54. The third-order valence-corrected chi connectivity index (χ3v) is 2.04. The number of rotatable bonds is 0. The number of phenols is 1. The van der Waals surface area contributed by atoms with Crippen LogP contribution in [0.25, 0.3) is 10.9 Å². The van der Waals surface area contributed by atoms with Gasteiger partial charge >= 0.3 is 0 Å². The molecule has 2 aromatic heterocycles. The monoisotopic (exact) mass is 213 g/mol. The van der Waals surface area contributed by atoms with Gasteiger partial charge in [0.1, 0.15) is 12.1 Å². The Kier molecular flexibility index (Phi) is 3.13. The van der Waals surface area contributed by atoms with Crippen molar-refractivity contribution in [3.63, 3.8) is 0 Å². The molecule has 0 bridgehead atoms. The van der Waals surface area contributed by atoms with Gasteiger partial charge in [-0.2, -0.15) is 0 Å². The van der Waals surface area contributed by atoms with Gasteiger partial charge in [-0.3, -0.25) is 0 Å². The molecule has 0 aliphatic rings. The predicted octanol–water partition coefficient (Wildman–Crippen LogP) is 2.35. The van der Waals surface area contributed by atoms with E-state index >= 15 is 0 Å².